The van der Waals surface area contributed by atoms with E-state index in [0.29, 0.717) is 0 Å². The fourth-order valence-corrected chi connectivity index (χ4v) is 2.29. The summed E-state index contributed by atoms with van der Waals surface area (Å²) in [5.74, 6) is 0. The maximum Gasteiger partial charge on any atom is 0.0175 e. The molecule has 1 nitrogen and oxygen atoms in total. The Hall–Kier alpha value is -0.460. The van der Waals surface area contributed by atoms with Gasteiger partial charge in [-0.2, -0.15) is 0 Å². The van der Waals surface area contributed by atoms with Crippen LogP contribution in [0.4, 0.5) is 0 Å². The van der Waals surface area contributed by atoms with E-state index in [1.54, 1.807) is 11.3 Å². The molecule has 11 heavy (non-hydrogen) atoms. The van der Waals surface area contributed by atoms with E-state index in [1.165, 1.54) is 45.2 Å². The van der Waals surface area contributed by atoms with E-state index < -0.39 is 0 Å². The van der Waals surface area contributed by atoms with Gasteiger partial charge in [-0.25, -0.2) is 0 Å². The minimum atomic E-state index is 1.33. The molecule has 2 aliphatic rings. The number of likely N-dealkylation sites (tertiary alicyclic amines) is 1. The lowest BCUT2D eigenvalue weighted by atomic mass is 10.2. The predicted molar refractivity (Wildman–Crippen MR) is 47.4 cm³/mol. The van der Waals surface area contributed by atoms with Gasteiger partial charge < -0.3 is 4.90 Å². The zero-order chi connectivity index (χ0) is 7.68. The highest BCUT2D eigenvalue weighted by atomic mass is 15.2. The first kappa shape index (κ1) is 7.20. The highest BCUT2D eigenvalue weighted by Crippen LogP contribution is 2.30. The molecule has 1 aliphatic heterocycles. The molecule has 0 aromatic heterocycles. The molecule has 1 aliphatic carbocycles. The van der Waals surface area contributed by atoms with Crippen molar-refractivity contribution in [3.8, 4) is 0 Å². The highest BCUT2D eigenvalue weighted by molar-refractivity contribution is 5.17. The smallest absolute Gasteiger partial charge is 0.0175 e. The lowest BCUT2D eigenvalue weighted by Gasteiger charge is -2.19. The maximum atomic E-state index is 2.60. The van der Waals surface area contributed by atoms with Crippen LogP contribution < -0.4 is 0 Å². The quantitative estimate of drug-likeness (QED) is 0.556. The zero-order valence-electron chi connectivity index (χ0n) is 7.40. The average Bonchev–Trinajstić information content (AvgIpc) is 2.55. The second kappa shape index (κ2) is 2.88. The summed E-state index contributed by atoms with van der Waals surface area (Å²) in [7, 11) is 0. The van der Waals surface area contributed by atoms with Crippen molar-refractivity contribution in [2.24, 2.45) is 0 Å². The lowest BCUT2D eigenvalue weighted by molar-refractivity contribution is 0.412. The SMILES string of the molecule is CC1=C(N2CCCC2)CCC1. The maximum absolute atomic E-state index is 2.60. The van der Waals surface area contributed by atoms with Crippen LogP contribution >= 0.6 is 0 Å². The van der Waals surface area contributed by atoms with E-state index in [-0.39, 0.29) is 0 Å². The third kappa shape index (κ3) is 1.29. The molecular weight excluding hydrogens is 134 g/mol. The number of hydrogen-bond donors (Lipinski definition) is 0. The molecule has 0 aromatic rings. The number of rotatable bonds is 1. The molecule has 0 aromatic carbocycles. The molecule has 1 heteroatoms. The Morgan fingerprint density at radius 3 is 2.27 bits per heavy atom. The monoisotopic (exact) mass is 151 g/mol. The fourth-order valence-electron chi connectivity index (χ4n) is 2.29. The van der Waals surface area contributed by atoms with Gasteiger partial charge in [0.2, 0.25) is 0 Å². The van der Waals surface area contributed by atoms with Crippen LogP contribution in [0, 0.1) is 0 Å². The highest BCUT2D eigenvalue weighted by Gasteiger charge is 2.19. The summed E-state index contributed by atoms with van der Waals surface area (Å²) in [5, 5.41) is 0. The van der Waals surface area contributed by atoms with Crippen LogP contribution in [0.25, 0.3) is 0 Å². The summed E-state index contributed by atoms with van der Waals surface area (Å²) < 4.78 is 0. The van der Waals surface area contributed by atoms with Crippen LogP contribution in [0.3, 0.4) is 0 Å². The van der Waals surface area contributed by atoms with Crippen molar-refractivity contribution < 1.29 is 0 Å². The van der Waals surface area contributed by atoms with E-state index in [9.17, 15) is 0 Å². The summed E-state index contributed by atoms with van der Waals surface area (Å²) >= 11 is 0. The fraction of sp³-hybridized carbons (Fsp3) is 0.800. The van der Waals surface area contributed by atoms with Crippen LogP contribution in [-0.2, 0) is 0 Å². The zero-order valence-corrected chi connectivity index (χ0v) is 7.40. The Morgan fingerprint density at radius 2 is 1.73 bits per heavy atom. The molecule has 1 fully saturated rings. The van der Waals surface area contributed by atoms with Crippen LogP contribution in [0.15, 0.2) is 11.3 Å². The molecule has 0 unspecified atom stereocenters. The average molecular weight is 151 g/mol. The molecule has 2 rings (SSSR count). The van der Waals surface area contributed by atoms with E-state index >= 15 is 0 Å². The van der Waals surface area contributed by atoms with Crippen LogP contribution in [0.2, 0.25) is 0 Å². The third-order valence-corrected chi connectivity index (χ3v) is 2.95. The standard InChI is InChI=1S/C10H17N/c1-9-5-4-6-10(9)11-7-2-3-8-11/h2-8H2,1H3. The molecule has 0 atom stereocenters. The minimum Gasteiger partial charge on any atom is -0.375 e. The molecule has 1 heterocycles. The molecule has 1 saturated heterocycles. The van der Waals surface area contributed by atoms with Crippen molar-refractivity contribution in [3.63, 3.8) is 0 Å². The van der Waals surface area contributed by atoms with Gasteiger partial charge in [-0.05, 0) is 39.0 Å². The number of nitrogens with zero attached hydrogens (tertiary/aromatic N) is 1. The van der Waals surface area contributed by atoms with Gasteiger partial charge in [0.05, 0.1) is 0 Å². The lowest BCUT2D eigenvalue weighted by Crippen LogP contribution is -2.17. The topological polar surface area (TPSA) is 3.24 Å². The van der Waals surface area contributed by atoms with E-state index in [1.807, 2.05) is 0 Å². The van der Waals surface area contributed by atoms with Gasteiger partial charge in [0.1, 0.15) is 0 Å². The van der Waals surface area contributed by atoms with Crippen LogP contribution in [0.1, 0.15) is 39.0 Å². The number of allylic oxidation sites excluding steroid dienone is 2. The summed E-state index contributed by atoms with van der Waals surface area (Å²) in [6.45, 7) is 4.96. The summed E-state index contributed by atoms with van der Waals surface area (Å²) in [6, 6.07) is 0. The predicted octanol–water partition coefficient (Wildman–Crippen LogP) is 2.54. The number of hydrogen-bond acceptors (Lipinski definition) is 1. The minimum absolute atomic E-state index is 1.33. The van der Waals surface area contributed by atoms with Gasteiger partial charge in [-0.3, -0.25) is 0 Å². The van der Waals surface area contributed by atoms with Crippen molar-refractivity contribution >= 4 is 0 Å². The van der Waals surface area contributed by atoms with Crippen molar-refractivity contribution in [3.05, 3.63) is 11.3 Å². The van der Waals surface area contributed by atoms with E-state index in [0.717, 1.165) is 0 Å². The molecule has 0 bridgehead atoms. The molecule has 0 radical (unpaired) electrons. The second-order valence-electron chi connectivity index (χ2n) is 3.77. The van der Waals surface area contributed by atoms with Crippen molar-refractivity contribution in [1.82, 2.24) is 4.90 Å². The Bertz CT molecular complexity index is 175. The molecule has 0 amide bonds. The molecule has 0 spiro atoms. The summed E-state index contributed by atoms with van der Waals surface area (Å²) in [4.78, 5) is 2.60. The van der Waals surface area contributed by atoms with E-state index in [4.69, 9.17) is 0 Å². The van der Waals surface area contributed by atoms with Gasteiger partial charge in [0, 0.05) is 18.8 Å². The van der Waals surface area contributed by atoms with Gasteiger partial charge >= 0.3 is 0 Å². The molecule has 0 saturated carbocycles. The van der Waals surface area contributed by atoms with Crippen molar-refractivity contribution in [2.45, 2.75) is 39.0 Å². The first-order chi connectivity index (χ1) is 5.38. The molecule has 62 valence electrons. The Kier molecular flexibility index (Phi) is 1.89. The summed E-state index contributed by atoms with van der Waals surface area (Å²) in [6.07, 6.45) is 6.93. The van der Waals surface area contributed by atoms with E-state index in [2.05, 4.69) is 11.8 Å². The van der Waals surface area contributed by atoms with Crippen LogP contribution in [-0.4, -0.2) is 18.0 Å². The largest absolute Gasteiger partial charge is 0.375 e. The van der Waals surface area contributed by atoms with Crippen molar-refractivity contribution in [1.29, 1.82) is 0 Å². The third-order valence-electron chi connectivity index (χ3n) is 2.95. The molecule has 0 N–H and O–H groups in total. The normalized spacial score (nSPS) is 25.4. The Morgan fingerprint density at radius 1 is 1.00 bits per heavy atom. The van der Waals surface area contributed by atoms with Crippen molar-refractivity contribution in [2.75, 3.05) is 13.1 Å². The second-order valence-corrected chi connectivity index (χ2v) is 3.77. The van der Waals surface area contributed by atoms with Gasteiger partial charge in [-0.1, -0.05) is 5.57 Å². The van der Waals surface area contributed by atoms with Gasteiger partial charge in [-0.15, -0.1) is 0 Å². The molecular formula is C10H17N. The van der Waals surface area contributed by atoms with Gasteiger partial charge in [0.15, 0.2) is 0 Å². The van der Waals surface area contributed by atoms with Crippen LogP contribution in [0.5, 0.6) is 0 Å². The first-order valence-corrected chi connectivity index (χ1v) is 4.81. The van der Waals surface area contributed by atoms with Gasteiger partial charge in [0.25, 0.3) is 0 Å². The summed E-state index contributed by atoms with van der Waals surface area (Å²) in [5.41, 5.74) is 3.34. The first-order valence-electron chi connectivity index (χ1n) is 4.81. The Labute approximate surface area is 69.1 Å². The Balaban J connectivity index is 2.07.